The number of nitrogens with zero attached hydrogens (tertiary/aromatic N) is 3. The maximum atomic E-state index is 5.95. The molecular formula is C14H24N4S. The molecule has 2 aliphatic carbocycles. The first-order valence-corrected chi connectivity index (χ1v) is 8.61. The Labute approximate surface area is 119 Å². The average molecular weight is 280 g/mol. The van der Waals surface area contributed by atoms with Crippen molar-refractivity contribution in [3.63, 3.8) is 0 Å². The van der Waals surface area contributed by atoms with Crippen molar-refractivity contribution in [3.8, 4) is 0 Å². The molecule has 1 atom stereocenters. The SMILES string of the molecule is CCC(N)CCCSc1nnc(C2CC2)n1C1CC1. The third-order valence-corrected chi connectivity index (χ3v) is 5.05. The van der Waals surface area contributed by atoms with Gasteiger partial charge in [0.1, 0.15) is 5.82 Å². The Hall–Kier alpha value is -0.550. The number of rotatable bonds is 8. The third kappa shape index (κ3) is 3.31. The Kier molecular flexibility index (Phi) is 4.12. The van der Waals surface area contributed by atoms with Crippen molar-refractivity contribution >= 4 is 11.8 Å². The molecule has 5 heteroatoms. The van der Waals surface area contributed by atoms with Gasteiger partial charge < -0.3 is 10.3 Å². The van der Waals surface area contributed by atoms with Crippen LogP contribution in [-0.2, 0) is 0 Å². The highest BCUT2D eigenvalue weighted by Gasteiger charge is 2.36. The number of hydrogen-bond donors (Lipinski definition) is 1. The first-order chi connectivity index (χ1) is 9.29. The van der Waals surface area contributed by atoms with E-state index in [9.17, 15) is 0 Å². The number of hydrogen-bond acceptors (Lipinski definition) is 4. The van der Waals surface area contributed by atoms with Crippen LogP contribution in [0.4, 0.5) is 0 Å². The molecule has 1 unspecified atom stereocenters. The molecule has 1 heterocycles. The predicted molar refractivity (Wildman–Crippen MR) is 78.5 cm³/mol. The second-order valence-corrected chi connectivity index (χ2v) is 6.94. The lowest BCUT2D eigenvalue weighted by molar-refractivity contribution is 0.588. The molecule has 1 aromatic heterocycles. The van der Waals surface area contributed by atoms with Crippen LogP contribution in [0.5, 0.6) is 0 Å². The number of nitrogens with two attached hydrogens (primary N) is 1. The van der Waals surface area contributed by atoms with Gasteiger partial charge in [0.05, 0.1) is 0 Å². The summed E-state index contributed by atoms with van der Waals surface area (Å²) in [5.74, 6) is 3.08. The van der Waals surface area contributed by atoms with Crippen LogP contribution in [0.1, 0.15) is 69.7 Å². The minimum Gasteiger partial charge on any atom is -0.328 e. The van der Waals surface area contributed by atoms with Gasteiger partial charge in [0.25, 0.3) is 0 Å². The Morgan fingerprint density at radius 1 is 1.32 bits per heavy atom. The van der Waals surface area contributed by atoms with Gasteiger partial charge in [-0.2, -0.15) is 0 Å². The van der Waals surface area contributed by atoms with Crippen LogP contribution >= 0.6 is 11.8 Å². The lowest BCUT2D eigenvalue weighted by Crippen LogP contribution is -2.18. The molecule has 0 bridgehead atoms. The molecule has 19 heavy (non-hydrogen) atoms. The maximum absolute atomic E-state index is 5.95. The highest BCUT2D eigenvalue weighted by Crippen LogP contribution is 2.46. The van der Waals surface area contributed by atoms with E-state index in [0.717, 1.165) is 23.8 Å². The molecule has 2 fully saturated rings. The van der Waals surface area contributed by atoms with E-state index in [4.69, 9.17) is 5.73 Å². The van der Waals surface area contributed by atoms with Crippen LogP contribution in [0, 0.1) is 0 Å². The molecule has 0 amide bonds. The molecular weight excluding hydrogens is 256 g/mol. The van der Waals surface area contributed by atoms with E-state index in [0.29, 0.717) is 18.0 Å². The highest BCUT2D eigenvalue weighted by molar-refractivity contribution is 7.99. The lowest BCUT2D eigenvalue weighted by Gasteiger charge is -2.09. The first-order valence-electron chi connectivity index (χ1n) is 7.62. The number of thioether (sulfide) groups is 1. The molecule has 0 aromatic carbocycles. The smallest absolute Gasteiger partial charge is 0.191 e. The van der Waals surface area contributed by atoms with Crippen molar-refractivity contribution in [3.05, 3.63) is 5.82 Å². The van der Waals surface area contributed by atoms with E-state index in [1.54, 1.807) is 0 Å². The summed E-state index contributed by atoms with van der Waals surface area (Å²) in [5, 5.41) is 10.0. The molecule has 3 rings (SSSR count). The Balaban J connectivity index is 1.55. The molecule has 0 aliphatic heterocycles. The topological polar surface area (TPSA) is 56.7 Å². The lowest BCUT2D eigenvalue weighted by atomic mass is 10.1. The quantitative estimate of drug-likeness (QED) is 0.587. The molecule has 2 saturated carbocycles. The van der Waals surface area contributed by atoms with Gasteiger partial charge in [-0.1, -0.05) is 18.7 Å². The Bertz CT molecular complexity index is 423. The van der Waals surface area contributed by atoms with Crippen molar-refractivity contribution < 1.29 is 0 Å². The zero-order chi connectivity index (χ0) is 13.2. The fraction of sp³-hybridized carbons (Fsp3) is 0.857. The molecule has 0 spiro atoms. The van der Waals surface area contributed by atoms with Gasteiger partial charge in [0, 0.05) is 23.8 Å². The average Bonchev–Trinajstić information content (AvgIpc) is 3.33. The fourth-order valence-electron chi connectivity index (χ4n) is 2.40. The zero-order valence-corrected chi connectivity index (χ0v) is 12.5. The molecule has 4 nitrogen and oxygen atoms in total. The zero-order valence-electron chi connectivity index (χ0n) is 11.7. The first kappa shape index (κ1) is 13.4. The van der Waals surface area contributed by atoms with E-state index in [1.807, 2.05) is 11.8 Å². The van der Waals surface area contributed by atoms with Crippen LogP contribution in [0.2, 0.25) is 0 Å². The standard InChI is InChI=1S/C14H24N4S/c1-2-11(15)4-3-9-19-14-17-16-13(10-5-6-10)18(14)12-7-8-12/h10-12H,2-9,15H2,1H3. The summed E-state index contributed by atoms with van der Waals surface area (Å²) in [7, 11) is 0. The van der Waals surface area contributed by atoms with Gasteiger partial charge in [-0.3, -0.25) is 0 Å². The number of aromatic nitrogens is 3. The summed E-state index contributed by atoms with van der Waals surface area (Å²) in [5.41, 5.74) is 5.95. The van der Waals surface area contributed by atoms with Crippen LogP contribution in [0.3, 0.4) is 0 Å². The van der Waals surface area contributed by atoms with E-state index in [2.05, 4.69) is 21.7 Å². The monoisotopic (exact) mass is 280 g/mol. The second-order valence-electron chi connectivity index (χ2n) is 5.88. The largest absolute Gasteiger partial charge is 0.328 e. The van der Waals surface area contributed by atoms with E-state index >= 15 is 0 Å². The van der Waals surface area contributed by atoms with E-state index in [1.165, 1.54) is 37.9 Å². The summed E-state index contributed by atoms with van der Waals surface area (Å²) in [4.78, 5) is 0. The van der Waals surface area contributed by atoms with Crippen LogP contribution in [0.25, 0.3) is 0 Å². The van der Waals surface area contributed by atoms with Crippen LogP contribution in [0.15, 0.2) is 5.16 Å². The minimum absolute atomic E-state index is 0.365. The molecule has 0 radical (unpaired) electrons. The summed E-state index contributed by atoms with van der Waals surface area (Å²) in [6, 6.07) is 1.06. The van der Waals surface area contributed by atoms with Crippen molar-refractivity contribution in [2.24, 2.45) is 5.73 Å². The molecule has 2 N–H and O–H groups in total. The third-order valence-electron chi connectivity index (χ3n) is 4.02. The molecule has 0 saturated heterocycles. The highest BCUT2D eigenvalue weighted by atomic mass is 32.2. The van der Waals surface area contributed by atoms with Gasteiger partial charge in [-0.15, -0.1) is 10.2 Å². The van der Waals surface area contributed by atoms with Gasteiger partial charge >= 0.3 is 0 Å². The van der Waals surface area contributed by atoms with E-state index in [-0.39, 0.29) is 0 Å². The second kappa shape index (κ2) is 5.83. The van der Waals surface area contributed by atoms with Gasteiger partial charge in [-0.05, 0) is 44.9 Å². The Morgan fingerprint density at radius 3 is 2.74 bits per heavy atom. The van der Waals surface area contributed by atoms with Crippen molar-refractivity contribution in [1.29, 1.82) is 0 Å². The van der Waals surface area contributed by atoms with Crippen molar-refractivity contribution in [1.82, 2.24) is 14.8 Å². The van der Waals surface area contributed by atoms with Crippen LogP contribution < -0.4 is 5.73 Å². The Morgan fingerprint density at radius 2 is 2.11 bits per heavy atom. The molecule has 2 aliphatic rings. The van der Waals surface area contributed by atoms with Gasteiger partial charge in [-0.25, -0.2) is 0 Å². The van der Waals surface area contributed by atoms with Crippen molar-refractivity contribution in [2.45, 2.75) is 75.0 Å². The van der Waals surface area contributed by atoms with Gasteiger partial charge in [0.2, 0.25) is 0 Å². The normalized spacial score (nSPS) is 20.7. The van der Waals surface area contributed by atoms with Crippen molar-refractivity contribution in [2.75, 3.05) is 5.75 Å². The maximum Gasteiger partial charge on any atom is 0.191 e. The van der Waals surface area contributed by atoms with Crippen LogP contribution in [-0.4, -0.2) is 26.6 Å². The van der Waals surface area contributed by atoms with E-state index < -0.39 is 0 Å². The molecule has 106 valence electrons. The summed E-state index contributed by atoms with van der Waals surface area (Å²) in [6.07, 6.45) is 8.61. The molecule has 1 aromatic rings. The minimum atomic E-state index is 0.365. The fourth-order valence-corrected chi connectivity index (χ4v) is 3.37. The summed E-state index contributed by atoms with van der Waals surface area (Å²) < 4.78 is 2.43. The predicted octanol–water partition coefficient (Wildman–Crippen LogP) is 3.10. The summed E-state index contributed by atoms with van der Waals surface area (Å²) >= 11 is 1.87. The summed E-state index contributed by atoms with van der Waals surface area (Å²) in [6.45, 7) is 2.16. The van der Waals surface area contributed by atoms with Gasteiger partial charge in [0.15, 0.2) is 5.16 Å².